The first-order chi connectivity index (χ1) is 9.05. The lowest BCUT2D eigenvalue weighted by atomic mass is 9.85. The Labute approximate surface area is 120 Å². The number of phenolic OH excluding ortho intramolecular Hbond substituents is 1. The molecule has 4 nitrogen and oxygen atoms in total. The van der Waals surface area contributed by atoms with Crippen LogP contribution in [0.1, 0.15) is 40.2 Å². The summed E-state index contributed by atoms with van der Waals surface area (Å²) in [6, 6.07) is 4.88. The molecule has 0 aliphatic carbocycles. The molecule has 2 N–H and O–H groups in total. The van der Waals surface area contributed by atoms with E-state index in [4.69, 9.17) is 11.2 Å². The zero-order valence-corrected chi connectivity index (χ0v) is 12.6. The molecule has 0 aliphatic rings. The average molecular weight is 275 g/mol. The van der Waals surface area contributed by atoms with Crippen LogP contribution in [0.5, 0.6) is 5.75 Å². The standard InChI is InChI=1S/C16H21NO3/c1-7-16(5,6)11-8-9-13(18)12(10-11)17-14(19)20-15(2,3)4/h1,8-10,18H,2-6H3,(H,17,19). The molecule has 0 atom stereocenters. The molecule has 0 heterocycles. The highest BCUT2D eigenvalue weighted by Gasteiger charge is 2.21. The van der Waals surface area contributed by atoms with Crippen molar-refractivity contribution in [1.29, 1.82) is 0 Å². The lowest BCUT2D eigenvalue weighted by Crippen LogP contribution is -2.27. The van der Waals surface area contributed by atoms with Gasteiger partial charge in [-0.3, -0.25) is 5.32 Å². The van der Waals surface area contributed by atoms with Crippen molar-refractivity contribution >= 4 is 11.8 Å². The molecule has 0 radical (unpaired) electrons. The number of benzene rings is 1. The van der Waals surface area contributed by atoms with Crippen molar-refractivity contribution in [3.8, 4) is 18.1 Å². The quantitative estimate of drug-likeness (QED) is 0.640. The second-order valence-corrected chi connectivity index (χ2v) is 6.13. The van der Waals surface area contributed by atoms with Crippen LogP contribution >= 0.6 is 0 Å². The number of terminal acetylenes is 1. The first kappa shape index (κ1) is 15.9. The van der Waals surface area contributed by atoms with Crippen LogP contribution in [0.3, 0.4) is 0 Å². The Morgan fingerprint density at radius 1 is 1.30 bits per heavy atom. The van der Waals surface area contributed by atoms with Crippen LogP contribution in [-0.4, -0.2) is 16.8 Å². The van der Waals surface area contributed by atoms with Gasteiger partial charge in [0.25, 0.3) is 0 Å². The molecule has 108 valence electrons. The molecule has 1 aromatic carbocycles. The maximum Gasteiger partial charge on any atom is 0.412 e. The van der Waals surface area contributed by atoms with E-state index in [1.165, 1.54) is 6.07 Å². The van der Waals surface area contributed by atoms with E-state index in [-0.39, 0.29) is 11.4 Å². The van der Waals surface area contributed by atoms with E-state index in [2.05, 4.69) is 11.2 Å². The largest absolute Gasteiger partial charge is 0.506 e. The van der Waals surface area contributed by atoms with Gasteiger partial charge in [0.2, 0.25) is 0 Å². The van der Waals surface area contributed by atoms with Crippen LogP contribution in [0.2, 0.25) is 0 Å². The summed E-state index contributed by atoms with van der Waals surface area (Å²) in [5.74, 6) is 2.64. The summed E-state index contributed by atoms with van der Waals surface area (Å²) in [7, 11) is 0. The minimum absolute atomic E-state index is 0.0348. The molecular formula is C16H21NO3. The predicted molar refractivity (Wildman–Crippen MR) is 79.8 cm³/mol. The van der Waals surface area contributed by atoms with Gasteiger partial charge in [-0.25, -0.2) is 4.79 Å². The third-order valence-electron chi connectivity index (χ3n) is 2.71. The van der Waals surface area contributed by atoms with Gasteiger partial charge in [-0.05, 0) is 52.3 Å². The number of rotatable bonds is 2. The third-order valence-corrected chi connectivity index (χ3v) is 2.71. The fourth-order valence-corrected chi connectivity index (χ4v) is 1.52. The van der Waals surface area contributed by atoms with E-state index in [0.717, 1.165) is 5.56 Å². The maximum absolute atomic E-state index is 11.7. The van der Waals surface area contributed by atoms with Gasteiger partial charge in [-0.15, -0.1) is 6.42 Å². The smallest absolute Gasteiger partial charge is 0.412 e. The van der Waals surface area contributed by atoms with Crippen molar-refractivity contribution in [2.24, 2.45) is 0 Å². The van der Waals surface area contributed by atoms with E-state index in [1.54, 1.807) is 32.9 Å². The maximum atomic E-state index is 11.7. The van der Waals surface area contributed by atoms with E-state index >= 15 is 0 Å². The monoisotopic (exact) mass is 275 g/mol. The molecule has 0 fully saturated rings. The van der Waals surface area contributed by atoms with E-state index in [1.807, 2.05) is 13.8 Å². The second-order valence-electron chi connectivity index (χ2n) is 6.13. The number of carbonyl (C=O) groups is 1. The molecule has 0 saturated heterocycles. The van der Waals surface area contributed by atoms with Crippen LogP contribution < -0.4 is 5.32 Å². The number of aromatic hydroxyl groups is 1. The molecule has 1 amide bonds. The molecule has 0 aromatic heterocycles. The van der Waals surface area contributed by atoms with E-state index in [9.17, 15) is 9.90 Å². The number of anilines is 1. The topological polar surface area (TPSA) is 58.6 Å². The fraction of sp³-hybridized carbons (Fsp3) is 0.438. The molecule has 4 heteroatoms. The first-order valence-corrected chi connectivity index (χ1v) is 6.36. The number of hydrogen-bond donors (Lipinski definition) is 2. The molecule has 0 spiro atoms. The Hall–Kier alpha value is -2.15. The number of phenols is 1. The fourth-order valence-electron chi connectivity index (χ4n) is 1.52. The Balaban J connectivity index is 2.99. The summed E-state index contributed by atoms with van der Waals surface area (Å²) in [5.41, 5.74) is 0.0110. The van der Waals surface area contributed by atoms with Gasteiger partial charge in [0.1, 0.15) is 11.4 Å². The predicted octanol–water partition coefficient (Wildman–Crippen LogP) is 3.65. The van der Waals surface area contributed by atoms with Gasteiger partial charge in [0.05, 0.1) is 11.1 Å². The van der Waals surface area contributed by atoms with E-state index in [0.29, 0.717) is 0 Å². The third kappa shape index (κ3) is 4.20. The highest BCUT2D eigenvalue weighted by Crippen LogP contribution is 2.30. The SMILES string of the molecule is C#CC(C)(C)c1ccc(O)c(NC(=O)OC(C)(C)C)c1. The molecule has 0 bridgehead atoms. The first-order valence-electron chi connectivity index (χ1n) is 6.36. The summed E-state index contributed by atoms with van der Waals surface area (Å²) in [4.78, 5) is 11.7. The van der Waals surface area contributed by atoms with Gasteiger partial charge in [0, 0.05) is 0 Å². The minimum atomic E-state index is -0.622. The van der Waals surface area contributed by atoms with Crippen LogP contribution in [0.25, 0.3) is 0 Å². The van der Waals surface area contributed by atoms with Crippen molar-refractivity contribution < 1.29 is 14.6 Å². The molecule has 0 unspecified atom stereocenters. The summed E-state index contributed by atoms with van der Waals surface area (Å²) in [5, 5.41) is 12.3. The molecule has 20 heavy (non-hydrogen) atoms. The molecular weight excluding hydrogens is 254 g/mol. The Kier molecular flexibility index (Phi) is 4.34. The molecule has 0 saturated carbocycles. The molecule has 1 rings (SSSR count). The van der Waals surface area contributed by atoms with Gasteiger partial charge >= 0.3 is 6.09 Å². The Morgan fingerprint density at radius 3 is 2.40 bits per heavy atom. The van der Waals surface area contributed by atoms with Crippen molar-refractivity contribution in [2.75, 3.05) is 5.32 Å². The number of carbonyl (C=O) groups excluding carboxylic acids is 1. The van der Waals surface area contributed by atoms with Crippen LogP contribution in [0.15, 0.2) is 18.2 Å². The zero-order chi connectivity index (χ0) is 15.6. The lowest BCUT2D eigenvalue weighted by molar-refractivity contribution is 0.0635. The van der Waals surface area contributed by atoms with Crippen molar-refractivity contribution in [3.63, 3.8) is 0 Å². The molecule has 0 aliphatic heterocycles. The van der Waals surface area contributed by atoms with Crippen LogP contribution in [-0.2, 0) is 10.2 Å². The zero-order valence-electron chi connectivity index (χ0n) is 12.6. The van der Waals surface area contributed by atoms with Crippen LogP contribution in [0, 0.1) is 12.3 Å². The van der Waals surface area contributed by atoms with Crippen molar-refractivity contribution in [3.05, 3.63) is 23.8 Å². The average Bonchev–Trinajstić information content (AvgIpc) is 2.29. The number of ether oxygens (including phenoxy) is 1. The summed E-state index contributed by atoms with van der Waals surface area (Å²) in [6.45, 7) is 9.08. The minimum Gasteiger partial charge on any atom is -0.506 e. The van der Waals surface area contributed by atoms with Gasteiger partial charge < -0.3 is 9.84 Å². The Bertz CT molecular complexity index is 548. The number of nitrogens with one attached hydrogen (secondary N) is 1. The van der Waals surface area contributed by atoms with Gasteiger partial charge in [-0.2, -0.15) is 0 Å². The summed E-state index contributed by atoms with van der Waals surface area (Å²) >= 11 is 0. The Morgan fingerprint density at radius 2 is 1.90 bits per heavy atom. The van der Waals surface area contributed by atoms with Gasteiger partial charge in [-0.1, -0.05) is 12.0 Å². The van der Waals surface area contributed by atoms with Gasteiger partial charge in [0.15, 0.2) is 0 Å². The normalized spacial score (nSPS) is 11.6. The highest BCUT2D eigenvalue weighted by atomic mass is 16.6. The van der Waals surface area contributed by atoms with Crippen LogP contribution in [0.4, 0.5) is 10.5 Å². The summed E-state index contributed by atoms with van der Waals surface area (Å²) in [6.07, 6.45) is 4.86. The molecule has 1 aromatic rings. The van der Waals surface area contributed by atoms with Crippen molar-refractivity contribution in [2.45, 2.75) is 45.6 Å². The summed E-state index contributed by atoms with van der Waals surface area (Å²) < 4.78 is 5.15. The second kappa shape index (κ2) is 5.46. The number of hydrogen-bond acceptors (Lipinski definition) is 3. The number of amides is 1. The highest BCUT2D eigenvalue weighted by molar-refractivity contribution is 5.87. The van der Waals surface area contributed by atoms with Crippen molar-refractivity contribution in [1.82, 2.24) is 0 Å². The van der Waals surface area contributed by atoms with E-state index < -0.39 is 17.1 Å². The lowest BCUT2D eigenvalue weighted by Gasteiger charge is -2.22.